The number of aryl methyl sites for hydroxylation is 2. The van der Waals surface area contributed by atoms with Crippen molar-refractivity contribution < 1.29 is 14.7 Å². The summed E-state index contributed by atoms with van der Waals surface area (Å²) in [7, 11) is 0. The van der Waals surface area contributed by atoms with Crippen molar-refractivity contribution in [1.29, 1.82) is 0 Å². The van der Waals surface area contributed by atoms with Gasteiger partial charge in [-0.15, -0.1) is 0 Å². The third-order valence-electron chi connectivity index (χ3n) is 3.13. The molecule has 7 heteroatoms. The summed E-state index contributed by atoms with van der Waals surface area (Å²) in [5, 5.41) is 18.8. The normalized spacial score (nSPS) is 19.9. The van der Waals surface area contributed by atoms with Gasteiger partial charge in [0.2, 0.25) is 0 Å². The number of carbonyl (C=O) groups excluding carboxylic acids is 1. The number of aromatic amines is 1. The van der Waals surface area contributed by atoms with E-state index < -0.39 is 12.0 Å². The second-order valence-corrected chi connectivity index (χ2v) is 4.37. The maximum atomic E-state index is 12.4. The molecule has 1 amide bonds. The van der Waals surface area contributed by atoms with E-state index in [-0.39, 0.29) is 12.5 Å². The number of carboxylic acid groups (broad SMARTS) is 1. The van der Waals surface area contributed by atoms with E-state index >= 15 is 0 Å². The van der Waals surface area contributed by atoms with E-state index in [2.05, 4.69) is 15.5 Å². The minimum absolute atomic E-state index is 0.271. The molecule has 0 radical (unpaired) electrons. The van der Waals surface area contributed by atoms with Crippen LogP contribution < -0.4 is 5.32 Å². The third-order valence-corrected chi connectivity index (χ3v) is 3.13. The summed E-state index contributed by atoms with van der Waals surface area (Å²) in [6, 6.07) is -0.819. The summed E-state index contributed by atoms with van der Waals surface area (Å²) in [5.74, 6) is -1.26. The minimum Gasteiger partial charge on any atom is -0.480 e. The second kappa shape index (κ2) is 4.77. The van der Waals surface area contributed by atoms with Gasteiger partial charge in [-0.3, -0.25) is 9.89 Å². The number of carbonyl (C=O) groups is 2. The molecule has 1 saturated heterocycles. The molecular formula is C11H16N4O3. The van der Waals surface area contributed by atoms with Crippen molar-refractivity contribution >= 4 is 11.9 Å². The van der Waals surface area contributed by atoms with Crippen LogP contribution in [0.2, 0.25) is 0 Å². The van der Waals surface area contributed by atoms with Gasteiger partial charge in [-0.25, -0.2) is 4.79 Å². The van der Waals surface area contributed by atoms with Crippen molar-refractivity contribution in [3.8, 4) is 0 Å². The zero-order valence-corrected chi connectivity index (χ0v) is 10.4. The van der Waals surface area contributed by atoms with Gasteiger partial charge in [0.1, 0.15) is 6.04 Å². The molecular weight excluding hydrogens is 236 g/mol. The zero-order chi connectivity index (χ0) is 13.3. The molecule has 0 bridgehead atoms. The fourth-order valence-electron chi connectivity index (χ4n) is 2.18. The van der Waals surface area contributed by atoms with Crippen molar-refractivity contribution in [3.63, 3.8) is 0 Å². The van der Waals surface area contributed by atoms with Crippen molar-refractivity contribution in [2.24, 2.45) is 0 Å². The highest BCUT2D eigenvalue weighted by atomic mass is 16.4. The lowest BCUT2D eigenvalue weighted by atomic mass is 10.1. The zero-order valence-electron chi connectivity index (χ0n) is 10.4. The average Bonchev–Trinajstić information content (AvgIpc) is 2.68. The quantitative estimate of drug-likeness (QED) is 0.660. The predicted molar refractivity (Wildman–Crippen MR) is 63.4 cm³/mol. The Morgan fingerprint density at radius 2 is 2.17 bits per heavy atom. The van der Waals surface area contributed by atoms with Crippen molar-refractivity contribution in [1.82, 2.24) is 20.4 Å². The fraction of sp³-hybridized carbons (Fsp3) is 0.545. The number of amides is 1. The van der Waals surface area contributed by atoms with Gasteiger partial charge in [-0.2, -0.15) is 5.10 Å². The first-order valence-electron chi connectivity index (χ1n) is 5.78. The summed E-state index contributed by atoms with van der Waals surface area (Å²) in [5.41, 5.74) is 1.74. The first-order chi connectivity index (χ1) is 8.52. The highest BCUT2D eigenvalue weighted by molar-refractivity contribution is 5.98. The lowest BCUT2D eigenvalue weighted by Gasteiger charge is -2.33. The molecule has 1 aliphatic rings. The van der Waals surface area contributed by atoms with E-state index in [4.69, 9.17) is 5.11 Å². The number of rotatable bonds is 2. The molecule has 1 aromatic rings. The molecule has 2 heterocycles. The minimum atomic E-state index is -0.991. The standard InChI is InChI=1S/C11H16N4O3/c1-6-9(7(2)14-13-6)10(16)15-4-3-12-5-8(15)11(17)18/h8,12H,3-5H2,1-2H3,(H,13,14)(H,17,18). The molecule has 7 nitrogen and oxygen atoms in total. The van der Waals surface area contributed by atoms with Crippen LogP contribution in [0.1, 0.15) is 21.7 Å². The molecule has 0 aromatic carbocycles. The molecule has 1 unspecified atom stereocenters. The predicted octanol–water partition coefficient (Wildman–Crippen LogP) is -0.475. The van der Waals surface area contributed by atoms with Gasteiger partial charge < -0.3 is 15.3 Å². The van der Waals surface area contributed by atoms with Crippen LogP contribution in [0.15, 0.2) is 0 Å². The smallest absolute Gasteiger partial charge is 0.327 e. The van der Waals surface area contributed by atoms with E-state index in [1.165, 1.54) is 4.90 Å². The highest BCUT2D eigenvalue weighted by Crippen LogP contribution is 2.15. The number of carboxylic acids is 1. The number of nitrogens with zero attached hydrogens (tertiary/aromatic N) is 2. The Labute approximate surface area is 104 Å². The maximum absolute atomic E-state index is 12.4. The lowest BCUT2D eigenvalue weighted by molar-refractivity contribution is -0.142. The van der Waals surface area contributed by atoms with Gasteiger partial charge in [0, 0.05) is 25.3 Å². The largest absolute Gasteiger partial charge is 0.480 e. The molecule has 18 heavy (non-hydrogen) atoms. The number of piperazine rings is 1. The topological polar surface area (TPSA) is 98.3 Å². The number of H-pyrrole nitrogens is 1. The van der Waals surface area contributed by atoms with Gasteiger partial charge in [0.05, 0.1) is 11.3 Å². The Morgan fingerprint density at radius 1 is 1.44 bits per heavy atom. The Balaban J connectivity index is 2.29. The molecule has 0 aliphatic carbocycles. The van der Waals surface area contributed by atoms with Crippen LogP contribution in [0.4, 0.5) is 0 Å². The Hall–Kier alpha value is -1.89. The number of aromatic nitrogens is 2. The van der Waals surface area contributed by atoms with Crippen LogP contribution in [0, 0.1) is 13.8 Å². The third kappa shape index (κ3) is 2.08. The number of hydrogen-bond donors (Lipinski definition) is 3. The summed E-state index contributed by atoms with van der Waals surface area (Å²) in [4.78, 5) is 24.9. The van der Waals surface area contributed by atoms with Gasteiger partial charge in [-0.05, 0) is 13.8 Å². The maximum Gasteiger partial charge on any atom is 0.327 e. The van der Waals surface area contributed by atoms with Crippen LogP contribution in [-0.2, 0) is 4.79 Å². The van der Waals surface area contributed by atoms with Gasteiger partial charge in [0.15, 0.2) is 0 Å². The molecule has 0 saturated carbocycles. The number of hydrogen-bond acceptors (Lipinski definition) is 4. The van der Waals surface area contributed by atoms with Crippen LogP contribution in [0.3, 0.4) is 0 Å². The van der Waals surface area contributed by atoms with Crippen molar-refractivity contribution in [2.75, 3.05) is 19.6 Å². The summed E-state index contributed by atoms with van der Waals surface area (Å²) in [6.45, 7) is 4.75. The van der Waals surface area contributed by atoms with Crippen molar-refractivity contribution in [3.05, 3.63) is 17.0 Å². The second-order valence-electron chi connectivity index (χ2n) is 4.37. The van der Waals surface area contributed by atoms with Gasteiger partial charge >= 0.3 is 5.97 Å². The highest BCUT2D eigenvalue weighted by Gasteiger charge is 2.34. The Kier molecular flexibility index (Phi) is 3.33. The average molecular weight is 252 g/mol. The first kappa shape index (κ1) is 12.6. The van der Waals surface area contributed by atoms with Crippen LogP contribution in [-0.4, -0.2) is 57.8 Å². The molecule has 98 valence electrons. The molecule has 2 rings (SSSR count). The lowest BCUT2D eigenvalue weighted by Crippen LogP contribution is -2.57. The Morgan fingerprint density at radius 3 is 2.72 bits per heavy atom. The molecule has 1 aliphatic heterocycles. The molecule has 1 atom stereocenters. The molecule has 1 aromatic heterocycles. The summed E-state index contributed by atoms with van der Waals surface area (Å²) < 4.78 is 0. The van der Waals surface area contributed by atoms with Crippen molar-refractivity contribution in [2.45, 2.75) is 19.9 Å². The van der Waals surface area contributed by atoms with Gasteiger partial charge in [0.25, 0.3) is 5.91 Å². The number of nitrogens with one attached hydrogen (secondary N) is 2. The summed E-state index contributed by atoms with van der Waals surface area (Å²) >= 11 is 0. The SMILES string of the molecule is Cc1n[nH]c(C)c1C(=O)N1CCNCC1C(=O)O. The number of aliphatic carboxylic acids is 1. The van der Waals surface area contributed by atoms with E-state index in [0.717, 1.165) is 0 Å². The van der Waals surface area contributed by atoms with E-state index in [0.29, 0.717) is 30.0 Å². The summed E-state index contributed by atoms with van der Waals surface area (Å²) in [6.07, 6.45) is 0. The van der Waals surface area contributed by atoms with Gasteiger partial charge in [-0.1, -0.05) is 0 Å². The molecule has 0 spiro atoms. The van der Waals surface area contributed by atoms with Crippen LogP contribution >= 0.6 is 0 Å². The first-order valence-corrected chi connectivity index (χ1v) is 5.78. The molecule has 1 fully saturated rings. The molecule has 3 N–H and O–H groups in total. The van der Waals surface area contributed by atoms with E-state index in [1.54, 1.807) is 13.8 Å². The fourth-order valence-corrected chi connectivity index (χ4v) is 2.18. The monoisotopic (exact) mass is 252 g/mol. The van der Waals surface area contributed by atoms with E-state index in [1.807, 2.05) is 0 Å². The van der Waals surface area contributed by atoms with Crippen LogP contribution in [0.25, 0.3) is 0 Å². The van der Waals surface area contributed by atoms with Crippen LogP contribution in [0.5, 0.6) is 0 Å². The Bertz CT molecular complexity index is 463. The van der Waals surface area contributed by atoms with E-state index in [9.17, 15) is 9.59 Å².